The molecule has 0 fully saturated rings. The minimum absolute atomic E-state index is 0.175. The number of halogens is 2. The maximum Gasteiger partial charge on any atom is 0.345 e. The van der Waals surface area contributed by atoms with Crippen LogP contribution in [0.5, 0.6) is 11.5 Å². The summed E-state index contributed by atoms with van der Waals surface area (Å²) in [5, 5.41) is 5.71. The Labute approximate surface area is 246 Å². The van der Waals surface area contributed by atoms with Gasteiger partial charge in [-0.2, -0.15) is 5.10 Å². The monoisotopic (exact) mass is 585 g/mol. The van der Waals surface area contributed by atoms with E-state index in [2.05, 4.69) is 21.6 Å². The highest BCUT2D eigenvalue weighted by molar-refractivity contribution is 6.36. The van der Waals surface area contributed by atoms with Crippen LogP contribution >= 0.6 is 23.2 Å². The zero-order valence-corrected chi connectivity index (χ0v) is 23.7. The van der Waals surface area contributed by atoms with E-state index in [1.807, 2.05) is 56.3 Å². The SMILES string of the molecule is CCOc1cc(C=NNC(=O)c2[nH]c3ccc(C)cc3c2-c2ccccc2)ccc1OC(=O)c1ccc(Cl)cc1Cl. The first kappa shape index (κ1) is 28.0. The van der Waals surface area contributed by atoms with Crippen molar-refractivity contribution in [1.29, 1.82) is 0 Å². The number of aromatic amines is 1. The number of nitrogens with zero attached hydrogens (tertiary/aromatic N) is 1. The van der Waals surface area contributed by atoms with Gasteiger partial charge in [-0.3, -0.25) is 4.79 Å². The Morgan fingerprint density at radius 1 is 0.951 bits per heavy atom. The number of hydrogen-bond donors (Lipinski definition) is 2. The van der Waals surface area contributed by atoms with Gasteiger partial charge in [0.25, 0.3) is 5.91 Å². The Bertz CT molecular complexity index is 1780. The van der Waals surface area contributed by atoms with E-state index >= 15 is 0 Å². The number of esters is 1. The fraction of sp³-hybridized carbons (Fsp3) is 0.0938. The van der Waals surface area contributed by atoms with Crippen LogP contribution in [0, 0.1) is 6.92 Å². The third-order valence-corrected chi connectivity index (χ3v) is 6.79. The van der Waals surface area contributed by atoms with Gasteiger partial charge in [-0.25, -0.2) is 10.2 Å². The summed E-state index contributed by atoms with van der Waals surface area (Å²) in [5.74, 6) is -0.489. The highest BCUT2D eigenvalue weighted by Gasteiger charge is 2.20. The van der Waals surface area contributed by atoms with Gasteiger partial charge in [0.05, 0.1) is 23.4 Å². The van der Waals surface area contributed by atoms with Crippen LogP contribution in [0.15, 0.2) is 90.0 Å². The van der Waals surface area contributed by atoms with Crippen LogP contribution in [-0.4, -0.2) is 29.7 Å². The summed E-state index contributed by atoms with van der Waals surface area (Å²) in [6.07, 6.45) is 1.48. The molecule has 0 radical (unpaired) electrons. The topological polar surface area (TPSA) is 92.8 Å². The quantitative estimate of drug-likeness (QED) is 0.0839. The lowest BCUT2D eigenvalue weighted by molar-refractivity contribution is 0.0728. The lowest BCUT2D eigenvalue weighted by atomic mass is 10.0. The van der Waals surface area contributed by atoms with Crippen molar-refractivity contribution in [3.8, 4) is 22.6 Å². The van der Waals surface area contributed by atoms with Gasteiger partial charge in [0, 0.05) is 21.5 Å². The number of H-pyrrole nitrogens is 1. The molecule has 1 amide bonds. The number of aryl methyl sites for hydroxylation is 1. The van der Waals surface area contributed by atoms with Crippen molar-refractivity contribution in [3.63, 3.8) is 0 Å². The molecule has 41 heavy (non-hydrogen) atoms. The number of aromatic nitrogens is 1. The molecular formula is C32H25Cl2N3O4. The largest absolute Gasteiger partial charge is 0.490 e. The maximum absolute atomic E-state index is 13.3. The predicted molar refractivity (Wildman–Crippen MR) is 163 cm³/mol. The van der Waals surface area contributed by atoms with Crippen molar-refractivity contribution in [2.24, 2.45) is 5.10 Å². The molecule has 0 aliphatic rings. The highest BCUT2D eigenvalue weighted by Crippen LogP contribution is 2.33. The zero-order valence-electron chi connectivity index (χ0n) is 22.2. The lowest BCUT2D eigenvalue weighted by Gasteiger charge is -2.12. The average Bonchev–Trinajstić information content (AvgIpc) is 3.33. The average molecular weight is 586 g/mol. The molecule has 0 aliphatic carbocycles. The van der Waals surface area contributed by atoms with Crippen LogP contribution in [0.1, 0.15) is 38.9 Å². The summed E-state index contributed by atoms with van der Waals surface area (Å²) in [7, 11) is 0. The van der Waals surface area contributed by atoms with Crippen molar-refractivity contribution < 1.29 is 19.1 Å². The van der Waals surface area contributed by atoms with Crippen molar-refractivity contribution in [2.75, 3.05) is 6.61 Å². The number of carbonyl (C=O) groups excluding carboxylic acids is 2. The van der Waals surface area contributed by atoms with Gasteiger partial charge in [0.1, 0.15) is 5.69 Å². The number of hydrogen-bond acceptors (Lipinski definition) is 5. The lowest BCUT2D eigenvalue weighted by Crippen LogP contribution is -2.18. The van der Waals surface area contributed by atoms with E-state index in [0.717, 1.165) is 27.6 Å². The van der Waals surface area contributed by atoms with Crippen LogP contribution < -0.4 is 14.9 Å². The van der Waals surface area contributed by atoms with Crippen LogP contribution in [0.25, 0.3) is 22.0 Å². The van der Waals surface area contributed by atoms with Crippen LogP contribution in [0.2, 0.25) is 10.0 Å². The molecule has 5 rings (SSSR count). The second-order valence-corrected chi connectivity index (χ2v) is 9.99. The molecule has 0 atom stereocenters. The van der Waals surface area contributed by atoms with Crippen LogP contribution in [0.3, 0.4) is 0 Å². The Morgan fingerprint density at radius 3 is 2.51 bits per heavy atom. The first-order chi connectivity index (χ1) is 19.8. The van der Waals surface area contributed by atoms with Gasteiger partial charge in [-0.1, -0.05) is 65.2 Å². The molecule has 2 N–H and O–H groups in total. The van der Waals surface area contributed by atoms with Crippen molar-refractivity contribution in [3.05, 3.63) is 117 Å². The van der Waals surface area contributed by atoms with Gasteiger partial charge >= 0.3 is 5.97 Å². The highest BCUT2D eigenvalue weighted by atomic mass is 35.5. The summed E-state index contributed by atoms with van der Waals surface area (Å²) < 4.78 is 11.2. The van der Waals surface area contributed by atoms with E-state index in [4.69, 9.17) is 32.7 Å². The van der Waals surface area contributed by atoms with E-state index in [0.29, 0.717) is 28.6 Å². The first-order valence-electron chi connectivity index (χ1n) is 12.8. The predicted octanol–water partition coefficient (Wildman–Crippen LogP) is 7.83. The fourth-order valence-corrected chi connectivity index (χ4v) is 4.86. The molecule has 0 saturated carbocycles. The number of ether oxygens (including phenoxy) is 2. The molecule has 7 nitrogen and oxygen atoms in total. The summed E-state index contributed by atoms with van der Waals surface area (Å²) in [4.78, 5) is 29.2. The maximum atomic E-state index is 13.3. The summed E-state index contributed by atoms with van der Waals surface area (Å²) in [6, 6.07) is 25.2. The normalized spacial score (nSPS) is 11.1. The second-order valence-electron chi connectivity index (χ2n) is 9.14. The second kappa shape index (κ2) is 12.3. The Morgan fingerprint density at radius 2 is 1.76 bits per heavy atom. The van der Waals surface area contributed by atoms with E-state index in [1.165, 1.54) is 18.3 Å². The van der Waals surface area contributed by atoms with Gasteiger partial charge in [0.2, 0.25) is 0 Å². The molecule has 0 aliphatic heterocycles. The number of rotatable bonds is 8. The molecule has 1 heterocycles. The first-order valence-corrected chi connectivity index (χ1v) is 13.5. The third kappa shape index (κ3) is 6.27. The van der Waals surface area contributed by atoms with Gasteiger partial charge < -0.3 is 14.5 Å². The molecule has 0 saturated heterocycles. The van der Waals surface area contributed by atoms with Crippen molar-refractivity contribution in [2.45, 2.75) is 13.8 Å². The Balaban J connectivity index is 1.36. The van der Waals surface area contributed by atoms with Crippen molar-refractivity contribution >= 4 is 52.2 Å². The molecule has 4 aromatic carbocycles. The molecule has 9 heteroatoms. The van der Waals surface area contributed by atoms with Crippen molar-refractivity contribution in [1.82, 2.24) is 10.4 Å². The third-order valence-electron chi connectivity index (χ3n) is 6.24. The Kier molecular flexibility index (Phi) is 8.38. The number of fused-ring (bicyclic) bond motifs is 1. The number of amides is 1. The Hall–Kier alpha value is -4.59. The van der Waals surface area contributed by atoms with Gasteiger partial charge in [-0.15, -0.1) is 0 Å². The zero-order chi connectivity index (χ0) is 28.9. The van der Waals surface area contributed by atoms with Gasteiger partial charge in [-0.05, 0) is 73.5 Å². The summed E-state index contributed by atoms with van der Waals surface area (Å²) >= 11 is 12.1. The molecule has 0 spiro atoms. The minimum Gasteiger partial charge on any atom is -0.490 e. The fourth-order valence-electron chi connectivity index (χ4n) is 4.37. The number of benzene rings is 4. The molecule has 206 valence electrons. The molecular weight excluding hydrogens is 561 g/mol. The number of hydrazone groups is 1. The molecule has 5 aromatic rings. The molecule has 0 unspecified atom stereocenters. The smallest absolute Gasteiger partial charge is 0.345 e. The summed E-state index contributed by atoms with van der Waals surface area (Å²) in [5.41, 5.74) is 7.49. The standard InChI is InChI=1S/C32H25Cl2N3O4/c1-3-40-28-16-20(10-14-27(28)41-32(39)23-12-11-22(33)17-25(23)34)18-35-37-31(38)30-29(21-7-5-4-6-8-21)24-15-19(2)9-13-26(24)36-30/h4-18,36H,3H2,1-2H3,(H,37,38). The van der Waals surface area contributed by atoms with Crippen LogP contribution in [-0.2, 0) is 0 Å². The number of carbonyl (C=O) groups is 2. The van der Waals surface area contributed by atoms with E-state index in [-0.39, 0.29) is 22.2 Å². The molecule has 1 aromatic heterocycles. The van der Waals surface area contributed by atoms with E-state index < -0.39 is 5.97 Å². The van der Waals surface area contributed by atoms with Gasteiger partial charge in [0.15, 0.2) is 11.5 Å². The van der Waals surface area contributed by atoms with Crippen LogP contribution in [0.4, 0.5) is 0 Å². The van der Waals surface area contributed by atoms with E-state index in [1.54, 1.807) is 24.3 Å². The van der Waals surface area contributed by atoms with E-state index in [9.17, 15) is 9.59 Å². The number of nitrogens with one attached hydrogen (secondary N) is 2. The molecule has 0 bridgehead atoms. The minimum atomic E-state index is -0.649. The summed E-state index contributed by atoms with van der Waals surface area (Å²) in [6.45, 7) is 4.17.